The SMILES string of the molecule is CC/C=C\C/C=C\C/C=C\C/C=C\C/C=C\C/C=C\CCC(=O)O[C@H](COC(=O)CCCCCCC/C=C\C/C=C\CCCC)COP(=O)(O)O. The molecule has 0 aliphatic rings. The van der Waals surface area contributed by atoms with Crippen molar-refractivity contribution in [2.75, 3.05) is 13.2 Å². The zero-order chi connectivity index (χ0) is 37.5. The van der Waals surface area contributed by atoms with Gasteiger partial charge in [-0.25, -0.2) is 4.57 Å². The molecule has 0 heterocycles. The Balaban J connectivity index is 4.16. The summed E-state index contributed by atoms with van der Waals surface area (Å²) < 4.78 is 26.2. The van der Waals surface area contributed by atoms with E-state index in [1.54, 1.807) is 0 Å². The minimum absolute atomic E-state index is 0.0778. The Labute approximate surface area is 309 Å². The van der Waals surface area contributed by atoms with Crippen molar-refractivity contribution in [1.29, 1.82) is 0 Å². The molecule has 0 aromatic carbocycles. The van der Waals surface area contributed by atoms with Crippen LogP contribution in [0.2, 0.25) is 0 Å². The highest BCUT2D eigenvalue weighted by Gasteiger charge is 2.22. The molecule has 1 atom stereocenters. The maximum absolute atomic E-state index is 12.3. The van der Waals surface area contributed by atoms with E-state index in [-0.39, 0.29) is 19.4 Å². The molecule has 0 spiro atoms. The van der Waals surface area contributed by atoms with Gasteiger partial charge in [0.1, 0.15) is 6.61 Å². The zero-order valence-corrected chi connectivity index (χ0v) is 32.3. The van der Waals surface area contributed by atoms with Crippen molar-refractivity contribution in [3.63, 3.8) is 0 Å². The van der Waals surface area contributed by atoms with Crippen LogP contribution in [-0.2, 0) is 28.2 Å². The van der Waals surface area contributed by atoms with Crippen molar-refractivity contribution in [2.45, 2.75) is 142 Å². The van der Waals surface area contributed by atoms with Gasteiger partial charge >= 0.3 is 19.8 Å². The van der Waals surface area contributed by atoms with Crippen LogP contribution in [0, 0.1) is 0 Å². The molecule has 0 amide bonds. The fraction of sp³-hybridized carbons (Fsp3) is 0.571. The van der Waals surface area contributed by atoms with Crippen molar-refractivity contribution >= 4 is 19.8 Å². The van der Waals surface area contributed by atoms with Gasteiger partial charge in [0.25, 0.3) is 0 Å². The van der Waals surface area contributed by atoms with E-state index < -0.39 is 32.5 Å². The molecule has 2 N–H and O–H groups in total. The number of carbonyl (C=O) groups is 2. The second-order valence-electron chi connectivity index (χ2n) is 12.2. The molecule has 51 heavy (non-hydrogen) atoms. The van der Waals surface area contributed by atoms with Crippen LogP contribution in [0.5, 0.6) is 0 Å². The van der Waals surface area contributed by atoms with E-state index in [9.17, 15) is 14.2 Å². The Morgan fingerprint density at radius 1 is 0.529 bits per heavy atom. The summed E-state index contributed by atoms with van der Waals surface area (Å²) in [5, 5.41) is 0. The number of phosphoric acid groups is 1. The lowest BCUT2D eigenvalue weighted by Gasteiger charge is -2.18. The van der Waals surface area contributed by atoms with Gasteiger partial charge in [-0.2, -0.15) is 0 Å². The minimum atomic E-state index is -4.78. The van der Waals surface area contributed by atoms with E-state index in [2.05, 4.69) is 103 Å². The summed E-state index contributed by atoms with van der Waals surface area (Å²) in [4.78, 5) is 42.7. The van der Waals surface area contributed by atoms with Crippen molar-refractivity contribution in [3.8, 4) is 0 Å². The van der Waals surface area contributed by atoms with E-state index in [4.69, 9.17) is 19.3 Å². The Morgan fingerprint density at radius 2 is 0.980 bits per heavy atom. The van der Waals surface area contributed by atoms with E-state index in [1.807, 2.05) is 12.2 Å². The van der Waals surface area contributed by atoms with E-state index >= 15 is 0 Å². The number of ether oxygens (including phenoxy) is 2. The normalized spacial score (nSPS) is 13.6. The molecular weight excluding hydrogens is 663 g/mol. The number of unbranched alkanes of at least 4 members (excludes halogenated alkanes) is 7. The first kappa shape index (κ1) is 48.0. The van der Waals surface area contributed by atoms with Gasteiger partial charge in [0.15, 0.2) is 6.10 Å². The molecule has 288 valence electrons. The van der Waals surface area contributed by atoms with Crippen LogP contribution in [0.1, 0.15) is 136 Å². The third-order valence-electron chi connectivity index (χ3n) is 7.35. The maximum atomic E-state index is 12.3. The molecule has 0 rings (SSSR count). The Bertz CT molecular complexity index is 1140. The number of carbonyl (C=O) groups excluding carboxylic acids is 2. The second kappa shape index (κ2) is 36.8. The molecule has 0 bridgehead atoms. The van der Waals surface area contributed by atoms with Crippen LogP contribution in [-0.4, -0.2) is 41.0 Å². The highest BCUT2D eigenvalue weighted by Crippen LogP contribution is 2.35. The number of hydrogen-bond acceptors (Lipinski definition) is 6. The summed E-state index contributed by atoms with van der Waals surface area (Å²) >= 11 is 0. The van der Waals surface area contributed by atoms with Crippen LogP contribution in [0.15, 0.2) is 97.2 Å². The molecule has 0 radical (unpaired) electrons. The van der Waals surface area contributed by atoms with E-state index in [0.717, 1.165) is 83.5 Å². The summed E-state index contributed by atoms with van der Waals surface area (Å²) in [7, 11) is -4.78. The molecule has 8 nitrogen and oxygen atoms in total. The summed E-state index contributed by atoms with van der Waals surface area (Å²) in [6, 6.07) is 0. The lowest BCUT2D eigenvalue weighted by molar-refractivity contribution is -0.161. The molecule has 0 unspecified atom stereocenters. The quantitative estimate of drug-likeness (QED) is 0.0296. The van der Waals surface area contributed by atoms with Crippen molar-refractivity contribution in [2.24, 2.45) is 0 Å². The lowest BCUT2D eigenvalue weighted by atomic mass is 10.1. The fourth-order valence-electron chi connectivity index (χ4n) is 4.53. The van der Waals surface area contributed by atoms with Gasteiger partial charge in [0, 0.05) is 12.8 Å². The van der Waals surface area contributed by atoms with E-state index in [1.165, 1.54) is 12.8 Å². The molecule has 0 saturated heterocycles. The molecule has 0 aliphatic heterocycles. The highest BCUT2D eigenvalue weighted by molar-refractivity contribution is 7.46. The van der Waals surface area contributed by atoms with Gasteiger partial charge in [-0.3, -0.25) is 14.1 Å². The monoisotopic (exact) mass is 730 g/mol. The first-order valence-corrected chi connectivity index (χ1v) is 20.6. The summed E-state index contributed by atoms with van der Waals surface area (Å²) in [6.45, 7) is 3.43. The average Bonchev–Trinajstić information content (AvgIpc) is 3.10. The van der Waals surface area contributed by atoms with Crippen molar-refractivity contribution in [1.82, 2.24) is 0 Å². The molecule has 0 aliphatic carbocycles. The van der Waals surface area contributed by atoms with Crippen molar-refractivity contribution in [3.05, 3.63) is 97.2 Å². The minimum Gasteiger partial charge on any atom is -0.462 e. The third-order valence-corrected chi connectivity index (χ3v) is 7.84. The van der Waals surface area contributed by atoms with Gasteiger partial charge in [-0.05, 0) is 77.0 Å². The number of phosphoric ester groups is 1. The van der Waals surface area contributed by atoms with Crippen LogP contribution in [0.25, 0.3) is 0 Å². The highest BCUT2D eigenvalue weighted by atomic mass is 31.2. The molecular formula is C42H67O8P. The number of allylic oxidation sites excluding steroid dienone is 16. The second-order valence-corrected chi connectivity index (χ2v) is 13.4. The largest absolute Gasteiger partial charge is 0.469 e. The Morgan fingerprint density at radius 3 is 1.49 bits per heavy atom. The molecule has 0 aromatic heterocycles. The van der Waals surface area contributed by atoms with Gasteiger partial charge in [-0.1, -0.05) is 143 Å². The standard InChI is InChI=1S/C42H67O8P/c1-3-5-7-9-11-13-15-17-19-20-21-22-23-25-27-29-31-33-35-37-42(44)50-40(39-49-51(45,46)47)38-48-41(43)36-34-32-30-28-26-24-18-16-14-12-10-8-6-4-2/h5,7,10-13,16-19,21-22,25,27,31,33,40H,3-4,6,8-9,14-15,20,23-24,26,28-30,32,34-39H2,1-2H3,(H2,45,46,47)/b7-5-,12-10-,13-11-,18-16-,19-17-,22-21-,27-25-,33-31-/t40-/m1/s1. The van der Waals surface area contributed by atoms with Gasteiger partial charge < -0.3 is 19.3 Å². The summed E-state index contributed by atoms with van der Waals surface area (Å²) in [6.07, 6.45) is 49.9. The number of hydrogen-bond donors (Lipinski definition) is 2. The first-order valence-electron chi connectivity index (χ1n) is 19.0. The Kier molecular flexibility index (Phi) is 34.6. The van der Waals surface area contributed by atoms with Gasteiger partial charge in [0.2, 0.25) is 0 Å². The number of rotatable bonds is 33. The zero-order valence-electron chi connectivity index (χ0n) is 31.5. The van der Waals surface area contributed by atoms with Crippen LogP contribution in [0.3, 0.4) is 0 Å². The average molecular weight is 731 g/mol. The van der Waals surface area contributed by atoms with Crippen molar-refractivity contribution < 1.29 is 37.9 Å². The summed E-state index contributed by atoms with van der Waals surface area (Å²) in [5.41, 5.74) is 0. The number of esters is 2. The lowest BCUT2D eigenvalue weighted by Crippen LogP contribution is -2.29. The van der Waals surface area contributed by atoms with E-state index in [0.29, 0.717) is 12.8 Å². The smallest absolute Gasteiger partial charge is 0.462 e. The predicted octanol–water partition coefficient (Wildman–Crippen LogP) is 11.5. The van der Waals surface area contributed by atoms with Gasteiger partial charge in [0.05, 0.1) is 6.61 Å². The van der Waals surface area contributed by atoms with Gasteiger partial charge in [-0.15, -0.1) is 0 Å². The first-order chi connectivity index (χ1) is 24.8. The third kappa shape index (κ3) is 39.6. The fourth-order valence-corrected chi connectivity index (χ4v) is 4.89. The Hall–Kier alpha value is -3.03. The topological polar surface area (TPSA) is 119 Å². The molecule has 0 fully saturated rings. The summed E-state index contributed by atoms with van der Waals surface area (Å²) in [5.74, 6) is -1.01. The molecule has 9 heteroatoms. The van der Waals surface area contributed by atoms with Crippen LogP contribution < -0.4 is 0 Å². The predicted molar refractivity (Wildman–Crippen MR) is 211 cm³/mol. The van der Waals surface area contributed by atoms with Crippen LogP contribution in [0.4, 0.5) is 0 Å². The van der Waals surface area contributed by atoms with Crippen LogP contribution >= 0.6 is 7.82 Å². The molecule has 0 aromatic rings. The molecule has 0 saturated carbocycles. The maximum Gasteiger partial charge on any atom is 0.469 e.